The fourth-order valence-electron chi connectivity index (χ4n) is 1.36. The van der Waals surface area contributed by atoms with Crippen molar-refractivity contribution in [2.45, 2.75) is 0 Å². The van der Waals surface area contributed by atoms with Crippen molar-refractivity contribution in [1.82, 2.24) is 9.55 Å². The van der Waals surface area contributed by atoms with Gasteiger partial charge in [-0.1, -0.05) is 17.7 Å². The van der Waals surface area contributed by atoms with Crippen molar-refractivity contribution < 1.29 is 39.5 Å². The zero-order chi connectivity index (χ0) is 10.3. The van der Waals surface area contributed by atoms with Crippen molar-refractivity contribution >= 4 is 28.6 Å². The fraction of sp³-hybridized carbons (Fsp3) is 0.111. The van der Waals surface area contributed by atoms with E-state index in [1.807, 2.05) is 0 Å². The molecule has 0 saturated heterocycles. The van der Waals surface area contributed by atoms with Gasteiger partial charge < -0.3 is 14.5 Å². The summed E-state index contributed by atoms with van der Waals surface area (Å²) in [7, 11) is 1.61. The number of nitrogens with zero attached hydrogens (tertiary/aromatic N) is 2. The van der Waals surface area contributed by atoms with Crippen molar-refractivity contribution in [3.05, 3.63) is 29.0 Å². The van der Waals surface area contributed by atoms with Crippen LogP contribution >= 0.6 is 11.6 Å². The number of para-hydroxylation sites is 1. The number of rotatable bonds is 1. The minimum Gasteiger partial charge on any atom is -0.542 e. The van der Waals surface area contributed by atoms with Crippen LogP contribution in [-0.4, -0.2) is 15.5 Å². The van der Waals surface area contributed by atoms with Gasteiger partial charge in [0.05, 0.1) is 10.5 Å². The first kappa shape index (κ1) is 12.5. The summed E-state index contributed by atoms with van der Waals surface area (Å²) in [5, 5.41) is 11.1. The summed E-state index contributed by atoms with van der Waals surface area (Å²) in [6, 6.07) is 5.15. The number of aromatic carboxylic acids is 1. The van der Waals surface area contributed by atoms with Crippen LogP contribution in [0.3, 0.4) is 0 Å². The number of fused-ring (bicyclic) bond motifs is 1. The Morgan fingerprint density at radius 1 is 1.53 bits per heavy atom. The number of aromatic nitrogens is 2. The molecule has 2 aromatic rings. The number of aryl methyl sites for hydroxylation is 1. The average molecular weight is 233 g/mol. The molecule has 0 aliphatic heterocycles. The van der Waals surface area contributed by atoms with Crippen molar-refractivity contribution in [2.24, 2.45) is 7.05 Å². The Morgan fingerprint density at radius 3 is 2.73 bits per heavy atom. The number of carbonyl (C=O) groups is 1. The molecule has 0 aliphatic carbocycles. The summed E-state index contributed by atoms with van der Waals surface area (Å²) in [4.78, 5) is 14.5. The Balaban J connectivity index is 0.00000112. The van der Waals surface area contributed by atoms with Crippen LogP contribution in [0.25, 0.3) is 11.0 Å². The Morgan fingerprint density at radius 2 is 2.20 bits per heavy atom. The van der Waals surface area contributed by atoms with Crippen LogP contribution in [0.4, 0.5) is 0 Å². The minimum atomic E-state index is -1.31. The minimum absolute atomic E-state index is 0. The number of carboxylic acid groups (broad SMARTS) is 1. The molecule has 1 aromatic carbocycles. The zero-order valence-electron chi connectivity index (χ0n) is 8.32. The van der Waals surface area contributed by atoms with E-state index in [1.165, 1.54) is 4.57 Å². The van der Waals surface area contributed by atoms with Gasteiger partial charge in [0.15, 0.2) is 5.82 Å². The second-order valence-corrected chi connectivity index (χ2v) is 3.30. The largest absolute Gasteiger partial charge is 1.00 e. The predicted molar refractivity (Wildman–Crippen MR) is 50.1 cm³/mol. The average Bonchev–Trinajstić information content (AvgIpc) is 2.46. The molecule has 0 saturated carbocycles. The molecule has 1 aromatic heterocycles. The van der Waals surface area contributed by atoms with Gasteiger partial charge in [0.25, 0.3) is 0 Å². The predicted octanol–water partition coefficient (Wildman–Crippen LogP) is -2.41. The van der Waals surface area contributed by atoms with Gasteiger partial charge in [-0.3, -0.25) is 0 Å². The topological polar surface area (TPSA) is 58.0 Å². The van der Waals surface area contributed by atoms with Gasteiger partial charge in [-0.15, -0.1) is 0 Å². The van der Waals surface area contributed by atoms with Gasteiger partial charge in [0.1, 0.15) is 11.5 Å². The molecule has 0 aliphatic rings. The summed E-state index contributed by atoms with van der Waals surface area (Å²) in [5.41, 5.74) is 1.16. The Labute approximate surface area is 113 Å². The quantitative estimate of drug-likeness (QED) is 0.515. The molecule has 0 spiro atoms. The molecule has 15 heavy (non-hydrogen) atoms. The molecule has 0 unspecified atom stereocenters. The molecule has 4 nitrogen and oxygen atoms in total. The van der Waals surface area contributed by atoms with Crippen LogP contribution in [-0.2, 0) is 7.05 Å². The number of carboxylic acids is 1. The second kappa shape index (κ2) is 4.53. The SMILES string of the molecule is Cn1c(C(=O)[O-])nc2c(Cl)cccc21.[Na+]. The van der Waals surface area contributed by atoms with Crippen LogP contribution in [0.15, 0.2) is 18.2 Å². The van der Waals surface area contributed by atoms with Gasteiger partial charge in [-0.2, -0.15) is 0 Å². The van der Waals surface area contributed by atoms with Crippen LogP contribution in [0.2, 0.25) is 5.02 Å². The van der Waals surface area contributed by atoms with Gasteiger partial charge >= 0.3 is 29.6 Å². The van der Waals surface area contributed by atoms with Crippen LogP contribution in [0.1, 0.15) is 10.6 Å². The smallest absolute Gasteiger partial charge is 0.542 e. The third-order valence-corrected chi connectivity index (χ3v) is 2.35. The standard InChI is InChI=1S/C9H7ClN2O2.Na/c1-12-6-4-2-3-5(10)7(6)11-8(12)9(13)14;/h2-4H,1H3,(H,13,14);/q;+1/p-1. The van der Waals surface area contributed by atoms with Crippen molar-refractivity contribution in [2.75, 3.05) is 0 Å². The maximum Gasteiger partial charge on any atom is 1.00 e. The van der Waals surface area contributed by atoms with E-state index in [1.54, 1.807) is 25.2 Å². The molecule has 6 heteroatoms. The van der Waals surface area contributed by atoms with E-state index in [0.29, 0.717) is 16.1 Å². The van der Waals surface area contributed by atoms with E-state index in [2.05, 4.69) is 4.98 Å². The monoisotopic (exact) mass is 232 g/mol. The van der Waals surface area contributed by atoms with E-state index >= 15 is 0 Å². The van der Waals surface area contributed by atoms with Gasteiger partial charge in [-0.25, -0.2) is 4.98 Å². The summed E-state index contributed by atoms with van der Waals surface area (Å²) < 4.78 is 1.44. The first-order chi connectivity index (χ1) is 6.61. The summed E-state index contributed by atoms with van der Waals surface area (Å²) >= 11 is 5.86. The van der Waals surface area contributed by atoms with Crippen molar-refractivity contribution in [3.8, 4) is 0 Å². The van der Waals surface area contributed by atoms with E-state index in [9.17, 15) is 9.90 Å². The molecule has 0 radical (unpaired) electrons. The number of imidazole rings is 1. The Hall–Kier alpha value is -0.550. The Kier molecular flexibility index (Phi) is 3.78. The molecule has 0 N–H and O–H groups in total. The molecule has 0 fully saturated rings. The molecule has 72 valence electrons. The maximum atomic E-state index is 10.7. The van der Waals surface area contributed by atoms with E-state index in [0.717, 1.165) is 0 Å². The molecule has 0 bridgehead atoms. The van der Waals surface area contributed by atoms with Crippen LogP contribution in [0, 0.1) is 0 Å². The van der Waals surface area contributed by atoms with Crippen molar-refractivity contribution in [3.63, 3.8) is 0 Å². The third kappa shape index (κ3) is 2.03. The molecular formula is C9H6ClN2NaO2. The van der Waals surface area contributed by atoms with Crippen molar-refractivity contribution in [1.29, 1.82) is 0 Å². The molecule has 1 heterocycles. The number of hydrogen-bond donors (Lipinski definition) is 0. The van der Waals surface area contributed by atoms with E-state index in [-0.39, 0.29) is 35.4 Å². The number of carbonyl (C=O) groups excluding carboxylic acids is 1. The normalized spacial score (nSPS) is 10.0. The van der Waals surface area contributed by atoms with Gasteiger partial charge in [0, 0.05) is 7.05 Å². The number of halogens is 1. The third-order valence-electron chi connectivity index (χ3n) is 2.04. The first-order valence-electron chi connectivity index (χ1n) is 3.93. The summed E-state index contributed by atoms with van der Waals surface area (Å²) in [5.74, 6) is -1.42. The first-order valence-corrected chi connectivity index (χ1v) is 4.31. The fourth-order valence-corrected chi connectivity index (χ4v) is 1.57. The molecular weight excluding hydrogens is 227 g/mol. The van der Waals surface area contributed by atoms with Gasteiger partial charge in [0.2, 0.25) is 0 Å². The van der Waals surface area contributed by atoms with E-state index in [4.69, 9.17) is 11.6 Å². The van der Waals surface area contributed by atoms with Crippen LogP contribution < -0.4 is 34.7 Å². The molecule has 0 amide bonds. The molecule has 0 atom stereocenters. The Bertz CT molecular complexity index is 524. The number of hydrogen-bond acceptors (Lipinski definition) is 3. The summed E-state index contributed by atoms with van der Waals surface area (Å²) in [6.45, 7) is 0. The number of benzene rings is 1. The van der Waals surface area contributed by atoms with E-state index < -0.39 is 5.97 Å². The van der Waals surface area contributed by atoms with Crippen LogP contribution in [0.5, 0.6) is 0 Å². The second-order valence-electron chi connectivity index (χ2n) is 2.89. The summed E-state index contributed by atoms with van der Waals surface area (Å²) in [6.07, 6.45) is 0. The maximum absolute atomic E-state index is 10.7. The zero-order valence-corrected chi connectivity index (χ0v) is 11.1. The van der Waals surface area contributed by atoms with Gasteiger partial charge in [-0.05, 0) is 12.1 Å². The molecule has 2 rings (SSSR count).